The highest BCUT2D eigenvalue weighted by molar-refractivity contribution is 5.66. The maximum Gasteiger partial charge on any atom is 0.303 e. The molecule has 0 aliphatic rings. The molecule has 17 heavy (non-hydrogen) atoms. The van der Waals surface area contributed by atoms with Gasteiger partial charge in [-0.1, -0.05) is 25.5 Å². The van der Waals surface area contributed by atoms with Crippen LogP contribution in [0.15, 0.2) is 24.3 Å². The Balaban J connectivity index is 2.44. The van der Waals surface area contributed by atoms with Crippen LogP contribution < -0.4 is 4.74 Å². The van der Waals surface area contributed by atoms with Crippen LogP contribution >= 0.6 is 0 Å². The van der Waals surface area contributed by atoms with Crippen LogP contribution in [0.25, 0.3) is 0 Å². The van der Waals surface area contributed by atoms with E-state index >= 15 is 0 Å². The molecule has 0 aliphatic carbocycles. The number of ether oxygens (including phenoxy) is 1. The van der Waals surface area contributed by atoms with E-state index in [9.17, 15) is 4.79 Å². The molecule has 1 aromatic carbocycles. The normalized spacial score (nSPS) is 12.1. The summed E-state index contributed by atoms with van der Waals surface area (Å²) in [5.74, 6) is 0.424. The standard InChI is InChI=1S/C14H20O3/c1-3-11(10-14(15)16)4-5-12-6-8-13(17-2)9-7-12/h6-9,11H,3-5,10H2,1-2H3,(H,15,16). The van der Waals surface area contributed by atoms with Crippen molar-refractivity contribution in [3.8, 4) is 5.75 Å². The number of carboxylic acids is 1. The second-order valence-electron chi connectivity index (χ2n) is 4.26. The zero-order chi connectivity index (χ0) is 12.7. The summed E-state index contributed by atoms with van der Waals surface area (Å²) in [6.07, 6.45) is 3.04. The van der Waals surface area contributed by atoms with Gasteiger partial charge >= 0.3 is 5.97 Å². The van der Waals surface area contributed by atoms with Crippen molar-refractivity contribution in [2.75, 3.05) is 7.11 Å². The highest BCUT2D eigenvalue weighted by atomic mass is 16.5. The van der Waals surface area contributed by atoms with Crippen molar-refractivity contribution in [3.05, 3.63) is 29.8 Å². The fourth-order valence-electron chi connectivity index (χ4n) is 1.86. The number of methoxy groups -OCH3 is 1. The molecule has 0 heterocycles. The summed E-state index contributed by atoms with van der Waals surface area (Å²) in [5, 5.41) is 8.76. The van der Waals surface area contributed by atoms with E-state index in [-0.39, 0.29) is 12.3 Å². The van der Waals surface area contributed by atoms with Crippen LogP contribution in [0.3, 0.4) is 0 Å². The third-order valence-electron chi connectivity index (χ3n) is 3.04. The minimum Gasteiger partial charge on any atom is -0.497 e. The minimum atomic E-state index is -0.702. The van der Waals surface area contributed by atoms with E-state index in [1.807, 2.05) is 31.2 Å². The van der Waals surface area contributed by atoms with Crippen LogP contribution in [0.4, 0.5) is 0 Å². The number of benzene rings is 1. The lowest BCUT2D eigenvalue weighted by Crippen LogP contribution is -2.08. The van der Waals surface area contributed by atoms with Crippen molar-refractivity contribution in [2.24, 2.45) is 5.92 Å². The van der Waals surface area contributed by atoms with Gasteiger partial charge in [0.05, 0.1) is 7.11 Å². The summed E-state index contributed by atoms with van der Waals surface area (Å²) < 4.78 is 5.09. The lowest BCUT2D eigenvalue weighted by Gasteiger charge is -2.12. The third kappa shape index (κ3) is 4.89. The topological polar surface area (TPSA) is 46.5 Å². The quantitative estimate of drug-likeness (QED) is 0.791. The van der Waals surface area contributed by atoms with Gasteiger partial charge in [0.15, 0.2) is 0 Å². The Morgan fingerprint density at radius 1 is 1.35 bits per heavy atom. The second-order valence-corrected chi connectivity index (χ2v) is 4.26. The first kappa shape index (κ1) is 13.6. The molecular weight excluding hydrogens is 216 g/mol. The third-order valence-corrected chi connectivity index (χ3v) is 3.04. The minimum absolute atomic E-state index is 0.270. The first-order valence-electron chi connectivity index (χ1n) is 6.00. The van der Waals surface area contributed by atoms with Crippen LogP contribution in [-0.2, 0) is 11.2 Å². The maximum absolute atomic E-state index is 10.6. The first-order valence-corrected chi connectivity index (χ1v) is 6.00. The van der Waals surface area contributed by atoms with E-state index in [0.717, 1.165) is 25.0 Å². The highest BCUT2D eigenvalue weighted by Gasteiger charge is 2.10. The predicted molar refractivity (Wildman–Crippen MR) is 67.3 cm³/mol. The van der Waals surface area contributed by atoms with Crippen molar-refractivity contribution in [2.45, 2.75) is 32.6 Å². The molecule has 1 aromatic rings. The van der Waals surface area contributed by atoms with E-state index in [1.54, 1.807) is 7.11 Å². The number of aryl methyl sites for hydroxylation is 1. The Morgan fingerprint density at radius 2 is 2.00 bits per heavy atom. The fraction of sp³-hybridized carbons (Fsp3) is 0.500. The number of carboxylic acid groups (broad SMARTS) is 1. The predicted octanol–water partition coefficient (Wildman–Crippen LogP) is 3.13. The number of carbonyl (C=O) groups is 1. The Labute approximate surface area is 102 Å². The second kappa shape index (κ2) is 6.94. The van der Waals surface area contributed by atoms with Gasteiger partial charge in [-0.25, -0.2) is 0 Å². The number of aliphatic carboxylic acids is 1. The molecule has 0 spiro atoms. The van der Waals surface area contributed by atoms with Crippen LogP contribution in [0, 0.1) is 5.92 Å². The van der Waals surface area contributed by atoms with E-state index in [1.165, 1.54) is 5.56 Å². The van der Waals surface area contributed by atoms with Crippen LogP contribution in [0.2, 0.25) is 0 Å². The summed E-state index contributed by atoms with van der Waals surface area (Å²) in [7, 11) is 1.65. The van der Waals surface area contributed by atoms with Gasteiger partial charge in [-0.15, -0.1) is 0 Å². The number of rotatable bonds is 7. The van der Waals surface area contributed by atoms with Gasteiger partial charge in [0, 0.05) is 6.42 Å². The maximum atomic E-state index is 10.6. The molecule has 0 radical (unpaired) electrons. The Morgan fingerprint density at radius 3 is 2.47 bits per heavy atom. The largest absolute Gasteiger partial charge is 0.497 e. The zero-order valence-electron chi connectivity index (χ0n) is 10.5. The lowest BCUT2D eigenvalue weighted by molar-refractivity contribution is -0.138. The molecule has 0 saturated carbocycles. The molecule has 0 aliphatic heterocycles. The molecule has 94 valence electrons. The smallest absolute Gasteiger partial charge is 0.303 e. The van der Waals surface area contributed by atoms with Crippen molar-refractivity contribution < 1.29 is 14.6 Å². The summed E-state index contributed by atoms with van der Waals surface area (Å²) >= 11 is 0. The summed E-state index contributed by atoms with van der Waals surface area (Å²) in [4.78, 5) is 10.6. The fourth-order valence-corrected chi connectivity index (χ4v) is 1.86. The Hall–Kier alpha value is -1.51. The molecule has 1 atom stereocenters. The van der Waals surface area contributed by atoms with Crippen LogP contribution in [0.1, 0.15) is 31.7 Å². The van der Waals surface area contributed by atoms with E-state index < -0.39 is 5.97 Å². The van der Waals surface area contributed by atoms with Gasteiger partial charge in [-0.3, -0.25) is 4.79 Å². The zero-order valence-corrected chi connectivity index (χ0v) is 10.5. The van der Waals surface area contributed by atoms with Crippen LogP contribution in [-0.4, -0.2) is 18.2 Å². The van der Waals surface area contributed by atoms with E-state index in [4.69, 9.17) is 9.84 Å². The molecular formula is C14H20O3. The van der Waals surface area contributed by atoms with Gasteiger partial charge in [0.25, 0.3) is 0 Å². The summed E-state index contributed by atoms with van der Waals surface area (Å²) in [6.45, 7) is 2.04. The summed E-state index contributed by atoms with van der Waals surface area (Å²) in [6, 6.07) is 7.94. The molecule has 0 aromatic heterocycles. The SMILES string of the molecule is CCC(CCc1ccc(OC)cc1)CC(=O)O. The molecule has 1 N–H and O–H groups in total. The molecule has 0 saturated heterocycles. The monoisotopic (exact) mass is 236 g/mol. The van der Waals surface area contributed by atoms with Crippen molar-refractivity contribution >= 4 is 5.97 Å². The highest BCUT2D eigenvalue weighted by Crippen LogP contribution is 2.18. The van der Waals surface area contributed by atoms with Gasteiger partial charge in [-0.05, 0) is 36.5 Å². The van der Waals surface area contributed by atoms with Crippen molar-refractivity contribution in [3.63, 3.8) is 0 Å². The van der Waals surface area contributed by atoms with Crippen LogP contribution in [0.5, 0.6) is 5.75 Å². The molecule has 3 nitrogen and oxygen atoms in total. The molecule has 0 bridgehead atoms. The van der Waals surface area contributed by atoms with Crippen molar-refractivity contribution in [1.29, 1.82) is 0 Å². The molecule has 1 unspecified atom stereocenters. The van der Waals surface area contributed by atoms with E-state index in [0.29, 0.717) is 0 Å². The average molecular weight is 236 g/mol. The van der Waals surface area contributed by atoms with Gasteiger partial charge in [-0.2, -0.15) is 0 Å². The van der Waals surface area contributed by atoms with Gasteiger partial charge in [0.2, 0.25) is 0 Å². The molecule has 1 rings (SSSR count). The first-order chi connectivity index (χ1) is 8.15. The van der Waals surface area contributed by atoms with Gasteiger partial charge < -0.3 is 9.84 Å². The lowest BCUT2D eigenvalue weighted by atomic mass is 9.94. The molecule has 3 heteroatoms. The van der Waals surface area contributed by atoms with Crippen molar-refractivity contribution in [1.82, 2.24) is 0 Å². The van der Waals surface area contributed by atoms with E-state index in [2.05, 4.69) is 0 Å². The molecule has 0 fully saturated rings. The number of hydrogen-bond donors (Lipinski definition) is 1. The average Bonchev–Trinajstić information content (AvgIpc) is 2.34. The van der Waals surface area contributed by atoms with Gasteiger partial charge in [0.1, 0.15) is 5.75 Å². The summed E-state index contributed by atoms with van der Waals surface area (Å²) in [5.41, 5.74) is 1.23. The number of hydrogen-bond acceptors (Lipinski definition) is 2. The molecule has 0 amide bonds. The Kier molecular flexibility index (Phi) is 5.53. The Bertz CT molecular complexity index is 343.